The SMILES string of the molecule is CCN(CCC(N)=NO)S(=O)(=O)c1c(Cl)cnn1C. The maximum atomic E-state index is 12.4. The van der Waals surface area contributed by atoms with E-state index in [2.05, 4.69) is 10.3 Å². The first-order valence-corrected chi connectivity index (χ1v) is 7.30. The van der Waals surface area contributed by atoms with Gasteiger partial charge in [0.1, 0.15) is 5.84 Å². The number of amidine groups is 1. The van der Waals surface area contributed by atoms with E-state index in [0.717, 1.165) is 0 Å². The molecule has 0 aliphatic rings. The van der Waals surface area contributed by atoms with Gasteiger partial charge >= 0.3 is 0 Å². The van der Waals surface area contributed by atoms with E-state index >= 15 is 0 Å². The number of sulfonamides is 1. The van der Waals surface area contributed by atoms with Gasteiger partial charge in [0.15, 0.2) is 5.03 Å². The van der Waals surface area contributed by atoms with Gasteiger partial charge in [-0.3, -0.25) is 4.68 Å². The van der Waals surface area contributed by atoms with Crippen molar-refractivity contribution in [1.82, 2.24) is 14.1 Å². The first kappa shape index (κ1) is 15.7. The Balaban J connectivity index is 3.03. The molecule has 1 heterocycles. The first-order valence-electron chi connectivity index (χ1n) is 5.48. The summed E-state index contributed by atoms with van der Waals surface area (Å²) in [6, 6.07) is 0. The lowest BCUT2D eigenvalue weighted by Gasteiger charge is -2.20. The summed E-state index contributed by atoms with van der Waals surface area (Å²) < 4.78 is 27.2. The molecule has 1 rings (SSSR count). The minimum Gasteiger partial charge on any atom is -0.409 e. The first-order chi connectivity index (χ1) is 8.84. The smallest absolute Gasteiger partial charge is 0.261 e. The molecule has 1 aromatic rings. The number of nitrogens with two attached hydrogens (primary N) is 1. The topological polar surface area (TPSA) is 114 Å². The summed E-state index contributed by atoms with van der Waals surface area (Å²) in [4.78, 5) is 0. The summed E-state index contributed by atoms with van der Waals surface area (Å²) in [5.74, 6) is -0.0373. The summed E-state index contributed by atoms with van der Waals surface area (Å²) in [5.41, 5.74) is 5.33. The van der Waals surface area contributed by atoms with Gasteiger partial charge in [-0.25, -0.2) is 8.42 Å². The molecule has 0 fully saturated rings. The van der Waals surface area contributed by atoms with Crippen LogP contribution in [0.25, 0.3) is 0 Å². The molecule has 0 aliphatic carbocycles. The van der Waals surface area contributed by atoms with Gasteiger partial charge in [0.05, 0.1) is 11.2 Å². The number of halogens is 1. The van der Waals surface area contributed by atoms with Gasteiger partial charge in [0, 0.05) is 26.6 Å². The second kappa shape index (κ2) is 6.22. The number of hydrogen-bond acceptors (Lipinski definition) is 5. The van der Waals surface area contributed by atoms with Gasteiger partial charge in [-0.15, -0.1) is 0 Å². The Morgan fingerprint density at radius 3 is 2.74 bits per heavy atom. The average molecular weight is 310 g/mol. The molecule has 0 aliphatic heterocycles. The number of aromatic nitrogens is 2. The van der Waals surface area contributed by atoms with Crippen molar-refractivity contribution in [1.29, 1.82) is 0 Å². The zero-order valence-corrected chi connectivity index (χ0v) is 12.2. The van der Waals surface area contributed by atoms with Crippen molar-refractivity contribution in [2.45, 2.75) is 18.4 Å². The Morgan fingerprint density at radius 1 is 1.68 bits per heavy atom. The monoisotopic (exact) mass is 309 g/mol. The zero-order valence-electron chi connectivity index (χ0n) is 10.6. The van der Waals surface area contributed by atoms with Crippen LogP contribution in [0.4, 0.5) is 0 Å². The molecule has 10 heteroatoms. The molecule has 1 aromatic heterocycles. The van der Waals surface area contributed by atoms with E-state index in [1.807, 2.05) is 0 Å². The van der Waals surface area contributed by atoms with E-state index in [9.17, 15) is 8.42 Å². The number of hydrogen-bond donors (Lipinski definition) is 2. The van der Waals surface area contributed by atoms with E-state index < -0.39 is 10.0 Å². The fourth-order valence-electron chi connectivity index (χ4n) is 1.55. The van der Waals surface area contributed by atoms with Crippen LogP contribution in [0.2, 0.25) is 5.02 Å². The number of oxime groups is 1. The van der Waals surface area contributed by atoms with Crippen molar-refractivity contribution >= 4 is 27.5 Å². The summed E-state index contributed by atoms with van der Waals surface area (Å²) >= 11 is 5.84. The van der Waals surface area contributed by atoms with Crippen LogP contribution in [-0.4, -0.2) is 46.6 Å². The minimum absolute atomic E-state index is 0.0373. The second-order valence-electron chi connectivity index (χ2n) is 3.76. The summed E-state index contributed by atoms with van der Waals surface area (Å²) in [5, 5.41) is 15.0. The van der Waals surface area contributed by atoms with Crippen molar-refractivity contribution in [2.75, 3.05) is 13.1 Å². The van der Waals surface area contributed by atoms with Crippen molar-refractivity contribution in [3.8, 4) is 0 Å². The Morgan fingerprint density at radius 2 is 2.32 bits per heavy atom. The predicted molar refractivity (Wildman–Crippen MR) is 70.7 cm³/mol. The molecule has 19 heavy (non-hydrogen) atoms. The molecule has 0 saturated carbocycles. The largest absolute Gasteiger partial charge is 0.409 e. The van der Waals surface area contributed by atoms with Gasteiger partial charge in [-0.2, -0.15) is 9.40 Å². The normalized spacial score (nSPS) is 13.2. The van der Waals surface area contributed by atoms with Crippen molar-refractivity contribution in [3.63, 3.8) is 0 Å². The van der Waals surface area contributed by atoms with Gasteiger partial charge in [-0.1, -0.05) is 23.7 Å². The van der Waals surface area contributed by atoms with Gasteiger partial charge < -0.3 is 10.9 Å². The molecular formula is C9H16ClN5O3S. The molecule has 108 valence electrons. The van der Waals surface area contributed by atoms with Gasteiger partial charge in [0.2, 0.25) is 0 Å². The molecule has 0 atom stereocenters. The molecule has 0 radical (unpaired) electrons. The molecule has 0 amide bonds. The summed E-state index contributed by atoms with van der Waals surface area (Å²) in [6.07, 6.45) is 1.39. The number of aryl methyl sites for hydroxylation is 1. The van der Waals surface area contributed by atoms with Crippen LogP contribution in [0.15, 0.2) is 16.4 Å². The van der Waals surface area contributed by atoms with E-state index in [4.69, 9.17) is 22.5 Å². The molecule has 3 N–H and O–H groups in total. The second-order valence-corrected chi connectivity index (χ2v) is 6.02. The highest BCUT2D eigenvalue weighted by Crippen LogP contribution is 2.23. The molecule has 0 bridgehead atoms. The molecule has 0 spiro atoms. The Labute approximate surface area is 116 Å². The van der Waals surface area contributed by atoms with Gasteiger partial charge in [-0.05, 0) is 0 Å². The van der Waals surface area contributed by atoms with Crippen LogP contribution >= 0.6 is 11.6 Å². The predicted octanol–water partition coefficient (Wildman–Crippen LogP) is 0.221. The standard InChI is InChI=1S/C9H16ClN5O3S/c1-3-15(5-4-8(11)13-16)19(17,18)9-7(10)6-12-14(9)2/h6,16H,3-5H2,1-2H3,(H2,11,13). The van der Waals surface area contributed by atoms with Crippen molar-refractivity contribution in [3.05, 3.63) is 11.2 Å². The maximum absolute atomic E-state index is 12.4. The average Bonchev–Trinajstić information content (AvgIpc) is 2.69. The lowest BCUT2D eigenvalue weighted by atomic mass is 10.4. The molecule has 0 aromatic carbocycles. The van der Waals surface area contributed by atoms with Crippen LogP contribution in [0.1, 0.15) is 13.3 Å². The number of nitrogens with zero attached hydrogens (tertiary/aromatic N) is 4. The fourth-order valence-corrected chi connectivity index (χ4v) is 3.60. The Bertz CT molecular complexity index is 549. The lowest BCUT2D eigenvalue weighted by molar-refractivity contribution is 0.315. The summed E-state index contributed by atoms with van der Waals surface area (Å²) in [6.45, 7) is 2.02. The van der Waals surface area contributed by atoms with E-state index in [1.165, 1.54) is 22.2 Å². The number of rotatable bonds is 6. The molecule has 0 saturated heterocycles. The van der Waals surface area contributed by atoms with E-state index in [0.29, 0.717) is 0 Å². The van der Waals surface area contributed by atoms with Crippen LogP contribution in [-0.2, 0) is 17.1 Å². The third kappa shape index (κ3) is 3.37. The molecule has 8 nitrogen and oxygen atoms in total. The minimum atomic E-state index is -3.76. The summed E-state index contributed by atoms with van der Waals surface area (Å²) in [7, 11) is -2.27. The highest BCUT2D eigenvalue weighted by atomic mass is 35.5. The highest BCUT2D eigenvalue weighted by Gasteiger charge is 2.29. The van der Waals surface area contributed by atoms with E-state index in [1.54, 1.807) is 6.92 Å². The molecular weight excluding hydrogens is 294 g/mol. The quantitative estimate of drug-likeness (QED) is 0.338. The van der Waals surface area contributed by atoms with Crippen LogP contribution in [0.5, 0.6) is 0 Å². The van der Waals surface area contributed by atoms with Gasteiger partial charge in [0.25, 0.3) is 10.0 Å². The maximum Gasteiger partial charge on any atom is 0.261 e. The van der Waals surface area contributed by atoms with Crippen molar-refractivity contribution < 1.29 is 13.6 Å². The highest BCUT2D eigenvalue weighted by molar-refractivity contribution is 7.89. The molecule has 0 unspecified atom stereocenters. The van der Waals surface area contributed by atoms with Crippen LogP contribution < -0.4 is 5.73 Å². The Kier molecular flexibility index (Phi) is 5.15. The third-order valence-electron chi connectivity index (χ3n) is 2.53. The van der Waals surface area contributed by atoms with Crippen LogP contribution in [0, 0.1) is 0 Å². The Hall–Kier alpha value is -1.32. The van der Waals surface area contributed by atoms with Crippen molar-refractivity contribution in [2.24, 2.45) is 17.9 Å². The fraction of sp³-hybridized carbons (Fsp3) is 0.556. The zero-order chi connectivity index (χ0) is 14.6. The third-order valence-corrected chi connectivity index (χ3v) is 5.01. The van der Waals surface area contributed by atoms with Crippen LogP contribution in [0.3, 0.4) is 0 Å². The van der Waals surface area contributed by atoms with E-state index in [-0.39, 0.29) is 35.4 Å². The lowest BCUT2D eigenvalue weighted by Crippen LogP contribution is -2.35.